The van der Waals surface area contributed by atoms with Gasteiger partial charge in [-0.2, -0.15) is 0 Å². The number of hydrogen-bond acceptors (Lipinski definition) is 3. The van der Waals surface area contributed by atoms with Crippen LogP contribution in [0.4, 0.5) is 10.5 Å². The largest absolute Gasteiger partial charge is 0.389 e. The first-order chi connectivity index (χ1) is 9.24. The van der Waals surface area contributed by atoms with Gasteiger partial charge in [0.05, 0.1) is 12.7 Å². The van der Waals surface area contributed by atoms with E-state index in [1.165, 1.54) is 12.8 Å². The van der Waals surface area contributed by atoms with Gasteiger partial charge in [-0.1, -0.05) is 18.2 Å². The van der Waals surface area contributed by atoms with Crippen molar-refractivity contribution in [1.29, 1.82) is 0 Å². The van der Waals surface area contributed by atoms with Crippen molar-refractivity contribution in [1.82, 2.24) is 5.32 Å². The number of anilines is 1. The van der Waals surface area contributed by atoms with Gasteiger partial charge in [0.1, 0.15) is 0 Å². The van der Waals surface area contributed by atoms with Gasteiger partial charge in [0.25, 0.3) is 0 Å². The first-order valence-corrected chi connectivity index (χ1v) is 6.60. The van der Waals surface area contributed by atoms with Gasteiger partial charge in [-0.3, -0.25) is 0 Å². The summed E-state index contributed by atoms with van der Waals surface area (Å²) in [7, 11) is 0. The van der Waals surface area contributed by atoms with Crippen LogP contribution in [0.2, 0.25) is 0 Å². The van der Waals surface area contributed by atoms with Crippen LogP contribution in [0.25, 0.3) is 0 Å². The Labute approximate surface area is 113 Å². The quantitative estimate of drug-likeness (QED) is 0.700. The standard InChI is InChI=1S/C14H20N2O3/c17-13(10-19-9-11-6-7-11)8-15-14(18)16-12-4-2-1-3-5-12/h1-5,11,13,17H,6-10H2,(H2,15,16,18). The average Bonchev–Trinajstić information content (AvgIpc) is 3.22. The zero-order chi connectivity index (χ0) is 13.5. The predicted molar refractivity (Wildman–Crippen MR) is 73.0 cm³/mol. The number of carbonyl (C=O) groups excluding carboxylic acids is 1. The minimum atomic E-state index is -0.666. The van der Waals surface area contributed by atoms with Crippen molar-refractivity contribution in [2.24, 2.45) is 5.92 Å². The van der Waals surface area contributed by atoms with Crippen molar-refractivity contribution in [2.75, 3.05) is 25.1 Å². The number of carbonyl (C=O) groups is 1. The summed E-state index contributed by atoms with van der Waals surface area (Å²) in [6.07, 6.45) is 1.79. The maximum absolute atomic E-state index is 11.5. The first kappa shape index (κ1) is 13.8. The average molecular weight is 264 g/mol. The lowest BCUT2D eigenvalue weighted by Crippen LogP contribution is -2.37. The Kier molecular flexibility index (Phi) is 5.18. The Hall–Kier alpha value is -1.59. The van der Waals surface area contributed by atoms with E-state index in [9.17, 15) is 9.90 Å². The van der Waals surface area contributed by atoms with E-state index >= 15 is 0 Å². The molecular weight excluding hydrogens is 244 g/mol. The molecule has 0 radical (unpaired) electrons. The first-order valence-electron chi connectivity index (χ1n) is 6.60. The SMILES string of the molecule is O=C(NCC(O)COCC1CC1)Nc1ccccc1. The number of hydrogen-bond donors (Lipinski definition) is 3. The molecule has 1 fully saturated rings. The van der Waals surface area contributed by atoms with Crippen molar-refractivity contribution in [2.45, 2.75) is 18.9 Å². The molecule has 1 aromatic rings. The van der Waals surface area contributed by atoms with Crippen LogP contribution in [0.5, 0.6) is 0 Å². The lowest BCUT2D eigenvalue weighted by atomic mass is 10.3. The van der Waals surface area contributed by atoms with E-state index in [0.717, 1.165) is 5.69 Å². The minimum absolute atomic E-state index is 0.184. The molecule has 0 saturated heterocycles. The van der Waals surface area contributed by atoms with Crippen molar-refractivity contribution in [3.63, 3.8) is 0 Å². The van der Waals surface area contributed by atoms with Gasteiger partial charge in [-0.15, -0.1) is 0 Å². The second-order valence-corrected chi connectivity index (χ2v) is 4.84. The van der Waals surface area contributed by atoms with Crippen LogP contribution in [0.3, 0.4) is 0 Å². The van der Waals surface area contributed by atoms with Crippen LogP contribution in [0, 0.1) is 5.92 Å². The molecule has 1 aromatic carbocycles. The molecule has 2 amide bonds. The van der Waals surface area contributed by atoms with E-state index in [1.807, 2.05) is 18.2 Å². The normalized spacial score (nSPS) is 15.8. The fraction of sp³-hybridized carbons (Fsp3) is 0.500. The molecular formula is C14H20N2O3. The number of aliphatic hydroxyl groups is 1. The van der Waals surface area contributed by atoms with Gasteiger partial charge in [0.2, 0.25) is 0 Å². The van der Waals surface area contributed by atoms with E-state index in [0.29, 0.717) is 12.5 Å². The van der Waals surface area contributed by atoms with E-state index < -0.39 is 6.10 Å². The molecule has 1 unspecified atom stereocenters. The van der Waals surface area contributed by atoms with Gasteiger partial charge < -0.3 is 20.5 Å². The number of nitrogens with one attached hydrogen (secondary N) is 2. The Morgan fingerprint density at radius 2 is 2.11 bits per heavy atom. The van der Waals surface area contributed by atoms with E-state index in [1.54, 1.807) is 12.1 Å². The Bertz CT molecular complexity index is 393. The molecule has 2 rings (SSSR count). The highest BCUT2D eigenvalue weighted by Crippen LogP contribution is 2.28. The van der Waals surface area contributed by atoms with E-state index in [2.05, 4.69) is 10.6 Å². The maximum atomic E-state index is 11.5. The fourth-order valence-corrected chi connectivity index (χ4v) is 1.62. The molecule has 19 heavy (non-hydrogen) atoms. The molecule has 0 aliphatic heterocycles. The van der Waals surface area contributed by atoms with Crippen molar-refractivity contribution in [3.05, 3.63) is 30.3 Å². The molecule has 5 heteroatoms. The molecule has 1 aliphatic rings. The molecule has 0 heterocycles. The molecule has 1 atom stereocenters. The lowest BCUT2D eigenvalue weighted by molar-refractivity contribution is 0.0339. The number of aliphatic hydroxyl groups excluding tert-OH is 1. The summed E-state index contributed by atoms with van der Waals surface area (Å²) in [6.45, 7) is 1.17. The molecule has 1 saturated carbocycles. The van der Waals surface area contributed by atoms with Crippen LogP contribution in [-0.2, 0) is 4.74 Å². The van der Waals surface area contributed by atoms with Crippen LogP contribution in [-0.4, -0.2) is 37.0 Å². The summed E-state index contributed by atoms with van der Waals surface area (Å²) < 4.78 is 5.35. The molecule has 1 aliphatic carbocycles. The summed E-state index contributed by atoms with van der Waals surface area (Å²) in [6, 6.07) is 8.84. The molecule has 5 nitrogen and oxygen atoms in total. The zero-order valence-electron chi connectivity index (χ0n) is 10.8. The molecule has 3 N–H and O–H groups in total. The fourth-order valence-electron chi connectivity index (χ4n) is 1.62. The highest BCUT2D eigenvalue weighted by Gasteiger charge is 2.21. The van der Waals surface area contributed by atoms with Crippen LogP contribution in [0.15, 0.2) is 30.3 Å². The summed E-state index contributed by atoms with van der Waals surface area (Å²) in [5.41, 5.74) is 0.722. The van der Waals surface area contributed by atoms with Crippen LogP contribution < -0.4 is 10.6 Å². The van der Waals surface area contributed by atoms with Crippen LogP contribution >= 0.6 is 0 Å². The number of para-hydroxylation sites is 1. The summed E-state index contributed by atoms with van der Waals surface area (Å²) in [5, 5.41) is 14.9. The Balaban J connectivity index is 1.57. The second kappa shape index (κ2) is 7.11. The Morgan fingerprint density at radius 1 is 1.37 bits per heavy atom. The van der Waals surface area contributed by atoms with Crippen molar-refractivity contribution < 1.29 is 14.6 Å². The second-order valence-electron chi connectivity index (χ2n) is 4.84. The summed E-state index contributed by atoms with van der Waals surface area (Å²) in [4.78, 5) is 11.5. The van der Waals surface area contributed by atoms with Crippen molar-refractivity contribution in [3.8, 4) is 0 Å². The number of ether oxygens (including phenoxy) is 1. The third-order valence-corrected chi connectivity index (χ3v) is 2.89. The third-order valence-electron chi connectivity index (χ3n) is 2.89. The molecule has 0 aromatic heterocycles. The lowest BCUT2D eigenvalue weighted by Gasteiger charge is -2.13. The maximum Gasteiger partial charge on any atom is 0.319 e. The number of benzene rings is 1. The van der Waals surface area contributed by atoms with Gasteiger partial charge in [-0.25, -0.2) is 4.79 Å². The number of amides is 2. The number of rotatable bonds is 7. The van der Waals surface area contributed by atoms with Crippen molar-refractivity contribution >= 4 is 11.7 Å². The highest BCUT2D eigenvalue weighted by molar-refractivity contribution is 5.89. The van der Waals surface area contributed by atoms with Crippen LogP contribution in [0.1, 0.15) is 12.8 Å². The topological polar surface area (TPSA) is 70.6 Å². The van der Waals surface area contributed by atoms with Gasteiger partial charge in [0, 0.05) is 18.8 Å². The zero-order valence-corrected chi connectivity index (χ0v) is 10.8. The van der Waals surface area contributed by atoms with Gasteiger partial charge in [0.15, 0.2) is 0 Å². The molecule has 0 spiro atoms. The minimum Gasteiger partial charge on any atom is -0.389 e. The van der Waals surface area contributed by atoms with Gasteiger partial charge in [-0.05, 0) is 30.9 Å². The summed E-state index contributed by atoms with van der Waals surface area (Å²) in [5.74, 6) is 0.682. The smallest absolute Gasteiger partial charge is 0.319 e. The summed E-state index contributed by atoms with van der Waals surface area (Å²) >= 11 is 0. The molecule has 0 bridgehead atoms. The Morgan fingerprint density at radius 3 is 2.79 bits per heavy atom. The number of urea groups is 1. The van der Waals surface area contributed by atoms with E-state index in [4.69, 9.17) is 4.74 Å². The molecule has 104 valence electrons. The van der Waals surface area contributed by atoms with E-state index in [-0.39, 0.29) is 19.2 Å². The predicted octanol–water partition coefficient (Wildman–Crippen LogP) is 1.60. The van der Waals surface area contributed by atoms with Gasteiger partial charge >= 0.3 is 6.03 Å². The monoisotopic (exact) mass is 264 g/mol. The highest BCUT2D eigenvalue weighted by atomic mass is 16.5. The third kappa shape index (κ3) is 5.72.